The highest BCUT2D eigenvalue weighted by Gasteiger charge is 2.08. The third kappa shape index (κ3) is 2.03. The van der Waals surface area contributed by atoms with Crippen LogP contribution in [0.15, 0.2) is 45.4 Å². The molecular weight excluding hydrogens is 252 g/mol. The third-order valence-corrected chi connectivity index (χ3v) is 4.34. The number of nitrogens with two attached hydrogens (primary N) is 1. The average Bonchev–Trinajstić information content (AvgIpc) is 2.99. The molecule has 3 nitrogen and oxygen atoms in total. The van der Waals surface area contributed by atoms with Gasteiger partial charge in [0.2, 0.25) is 0 Å². The minimum Gasteiger partial charge on any atom is -0.468 e. The maximum Gasteiger partial charge on any atom is 0.113 e. The third-order valence-electron chi connectivity index (χ3n) is 2.45. The fourth-order valence-electron chi connectivity index (χ4n) is 1.60. The van der Waals surface area contributed by atoms with Crippen molar-refractivity contribution in [3.63, 3.8) is 0 Å². The Kier molecular flexibility index (Phi) is 2.78. The number of aromatic nitrogens is 1. The summed E-state index contributed by atoms with van der Waals surface area (Å²) in [6.07, 6.45) is 1.68. The van der Waals surface area contributed by atoms with Crippen molar-refractivity contribution in [1.82, 2.24) is 4.98 Å². The van der Waals surface area contributed by atoms with E-state index in [4.69, 9.17) is 10.2 Å². The van der Waals surface area contributed by atoms with Crippen molar-refractivity contribution in [3.8, 4) is 0 Å². The van der Waals surface area contributed by atoms with Gasteiger partial charge in [0.15, 0.2) is 0 Å². The number of fused-ring (bicyclic) bond motifs is 1. The van der Waals surface area contributed by atoms with Gasteiger partial charge in [-0.2, -0.15) is 0 Å². The lowest BCUT2D eigenvalue weighted by Crippen LogP contribution is -1.90. The van der Waals surface area contributed by atoms with Crippen molar-refractivity contribution in [2.24, 2.45) is 0 Å². The van der Waals surface area contributed by atoms with E-state index in [-0.39, 0.29) is 0 Å². The second-order valence-corrected chi connectivity index (χ2v) is 5.45. The fourth-order valence-corrected chi connectivity index (χ4v) is 3.17. The summed E-state index contributed by atoms with van der Waals surface area (Å²) in [5.41, 5.74) is 9.58. The first kappa shape index (κ1) is 10.7. The first-order valence-electron chi connectivity index (χ1n) is 5.11. The number of thiazole rings is 1. The van der Waals surface area contributed by atoms with E-state index in [0.717, 1.165) is 32.3 Å². The van der Waals surface area contributed by atoms with E-state index in [9.17, 15) is 0 Å². The molecule has 5 heteroatoms. The van der Waals surface area contributed by atoms with Gasteiger partial charge in [-0.15, -0.1) is 23.1 Å². The lowest BCUT2D eigenvalue weighted by Gasteiger charge is -2.04. The number of furan rings is 1. The first-order chi connectivity index (χ1) is 8.34. The molecule has 2 N–H and O–H groups in total. The zero-order chi connectivity index (χ0) is 11.7. The lowest BCUT2D eigenvalue weighted by atomic mass is 10.3. The van der Waals surface area contributed by atoms with Crippen LogP contribution in [0.25, 0.3) is 10.2 Å². The summed E-state index contributed by atoms with van der Waals surface area (Å²) in [4.78, 5) is 5.34. The van der Waals surface area contributed by atoms with Crippen LogP contribution in [0.5, 0.6) is 0 Å². The Morgan fingerprint density at radius 3 is 3.12 bits per heavy atom. The maximum absolute atomic E-state index is 6.10. The van der Waals surface area contributed by atoms with Crippen LogP contribution in [0.2, 0.25) is 0 Å². The van der Waals surface area contributed by atoms with Crippen LogP contribution >= 0.6 is 23.1 Å². The summed E-state index contributed by atoms with van der Waals surface area (Å²) in [5, 5.41) is 0. The Morgan fingerprint density at radius 2 is 2.29 bits per heavy atom. The molecule has 0 fully saturated rings. The second kappa shape index (κ2) is 4.43. The van der Waals surface area contributed by atoms with Crippen molar-refractivity contribution in [1.29, 1.82) is 0 Å². The van der Waals surface area contributed by atoms with Gasteiger partial charge in [0.05, 0.1) is 27.9 Å². The van der Waals surface area contributed by atoms with Gasteiger partial charge in [-0.3, -0.25) is 0 Å². The zero-order valence-corrected chi connectivity index (χ0v) is 10.6. The summed E-state index contributed by atoms with van der Waals surface area (Å²) in [6.45, 7) is 0. The van der Waals surface area contributed by atoms with Gasteiger partial charge < -0.3 is 10.2 Å². The molecule has 0 saturated heterocycles. The van der Waals surface area contributed by atoms with Crippen molar-refractivity contribution < 1.29 is 4.42 Å². The Morgan fingerprint density at radius 1 is 1.35 bits per heavy atom. The molecule has 1 aromatic carbocycles. The van der Waals surface area contributed by atoms with Crippen molar-refractivity contribution in [2.75, 3.05) is 5.73 Å². The minimum absolute atomic E-state index is 0.764. The van der Waals surface area contributed by atoms with E-state index in [2.05, 4.69) is 11.1 Å². The predicted octanol–water partition coefficient (Wildman–Crippen LogP) is 3.76. The van der Waals surface area contributed by atoms with Gasteiger partial charge in [-0.05, 0) is 24.3 Å². The summed E-state index contributed by atoms with van der Waals surface area (Å²) < 4.78 is 6.42. The van der Waals surface area contributed by atoms with Crippen LogP contribution in [0.4, 0.5) is 5.69 Å². The van der Waals surface area contributed by atoms with Gasteiger partial charge in [-0.1, -0.05) is 0 Å². The van der Waals surface area contributed by atoms with Crippen LogP contribution in [-0.2, 0) is 5.75 Å². The standard InChI is InChI=1S/C12H10N2OS2/c13-11-9(16-6-8-2-1-5-15-8)3-4-10-12(11)14-7-17-10/h1-5,7H,6,13H2. The Hall–Kier alpha value is -1.46. The number of hydrogen-bond acceptors (Lipinski definition) is 5. The maximum atomic E-state index is 6.10. The van der Waals surface area contributed by atoms with E-state index in [0.29, 0.717) is 0 Å². The normalized spacial score (nSPS) is 11.1. The molecule has 0 unspecified atom stereocenters. The molecule has 2 heterocycles. The largest absolute Gasteiger partial charge is 0.468 e. The number of benzene rings is 1. The topological polar surface area (TPSA) is 52.0 Å². The lowest BCUT2D eigenvalue weighted by molar-refractivity contribution is 0.530. The van der Waals surface area contributed by atoms with E-state index in [1.807, 2.05) is 23.7 Å². The smallest absolute Gasteiger partial charge is 0.113 e. The average molecular weight is 262 g/mol. The molecule has 86 valence electrons. The molecule has 3 aromatic rings. The Bertz CT molecular complexity index is 631. The quantitative estimate of drug-likeness (QED) is 0.576. The number of thioether (sulfide) groups is 1. The van der Waals surface area contributed by atoms with Gasteiger partial charge in [-0.25, -0.2) is 4.98 Å². The zero-order valence-electron chi connectivity index (χ0n) is 8.92. The van der Waals surface area contributed by atoms with Crippen LogP contribution in [0, 0.1) is 0 Å². The summed E-state index contributed by atoms with van der Waals surface area (Å²) in [6, 6.07) is 7.96. The van der Waals surface area contributed by atoms with Crippen molar-refractivity contribution >= 4 is 39.0 Å². The van der Waals surface area contributed by atoms with Crippen LogP contribution in [0.1, 0.15) is 5.76 Å². The first-order valence-corrected chi connectivity index (χ1v) is 6.98. The van der Waals surface area contributed by atoms with E-state index >= 15 is 0 Å². The molecular formula is C12H10N2OS2. The van der Waals surface area contributed by atoms with Gasteiger partial charge in [0.25, 0.3) is 0 Å². The van der Waals surface area contributed by atoms with Crippen LogP contribution < -0.4 is 5.73 Å². The molecule has 3 rings (SSSR count). The molecule has 0 aliphatic carbocycles. The molecule has 0 saturated carbocycles. The molecule has 17 heavy (non-hydrogen) atoms. The molecule has 0 aliphatic rings. The summed E-state index contributed by atoms with van der Waals surface area (Å²) >= 11 is 3.28. The summed E-state index contributed by atoms with van der Waals surface area (Å²) in [5.74, 6) is 1.74. The molecule has 0 radical (unpaired) electrons. The second-order valence-electron chi connectivity index (χ2n) is 3.54. The van der Waals surface area contributed by atoms with E-state index in [1.165, 1.54) is 0 Å². The van der Waals surface area contributed by atoms with Gasteiger partial charge >= 0.3 is 0 Å². The van der Waals surface area contributed by atoms with Crippen LogP contribution in [-0.4, -0.2) is 4.98 Å². The number of nitrogen functional groups attached to an aromatic ring is 1. The Labute approximate surface area is 107 Å². The number of nitrogens with zero attached hydrogens (tertiary/aromatic N) is 1. The van der Waals surface area contributed by atoms with Gasteiger partial charge in [0.1, 0.15) is 11.3 Å². The fraction of sp³-hybridized carbons (Fsp3) is 0.0833. The predicted molar refractivity (Wildman–Crippen MR) is 72.3 cm³/mol. The highest BCUT2D eigenvalue weighted by molar-refractivity contribution is 7.98. The molecule has 2 aromatic heterocycles. The number of anilines is 1. The molecule has 0 aliphatic heterocycles. The molecule has 0 spiro atoms. The highest BCUT2D eigenvalue weighted by Crippen LogP contribution is 2.34. The number of rotatable bonds is 3. The summed E-state index contributed by atoms with van der Waals surface area (Å²) in [7, 11) is 0. The SMILES string of the molecule is Nc1c(SCc2ccco2)ccc2scnc12. The minimum atomic E-state index is 0.764. The highest BCUT2D eigenvalue weighted by atomic mass is 32.2. The van der Waals surface area contributed by atoms with E-state index < -0.39 is 0 Å². The van der Waals surface area contributed by atoms with Gasteiger partial charge in [0, 0.05) is 4.90 Å². The van der Waals surface area contributed by atoms with Crippen LogP contribution in [0.3, 0.4) is 0 Å². The molecule has 0 atom stereocenters. The van der Waals surface area contributed by atoms with Crippen molar-refractivity contribution in [3.05, 3.63) is 41.8 Å². The van der Waals surface area contributed by atoms with E-state index in [1.54, 1.807) is 29.4 Å². The molecule has 0 bridgehead atoms. The Balaban J connectivity index is 1.87. The van der Waals surface area contributed by atoms with Crippen molar-refractivity contribution in [2.45, 2.75) is 10.6 Å². The number of hydrogen-bond donors (Lipinski definition) is 1. The monoisotopic (exact) mass is 262 g/mol. The molecule has 0 amide bonds.